The van der Waals surface area contributed by atoms with Crippen molar-refractivity contribution in [3.05, 3.63) is 46.5 Å². The van der Waals surface area contributed by atoms with Gasteiger partial charge in [0.15, 0.2) is 23.0 Å². The predicted molar refractivity (Wildman–Crippen MR) is 147 cm³/mol. The van der Waals surface area contributed by atoms with Gasteiger partial charge in [0.1, 0.15) is 0 Å². The maximum Gasteiger partial charge on any atom is 0.161 e. The van der Waals surface area contributed by atoms with Crippen LogP contribution in [0.5, 0.6) is 23.0 Å². The van der Waals surface area contributed by atoms with Crippen molar-refractivity contribution in [2.24, 2.45) is 0 Å². The SMILES string of the molecule is CC1(C)CC2(CC(C)(C)c3cc(OC4CCCCC4)c(O)cc32)c2cc(O)c(OC3CCCCC3)cc21. The van der Waals surface area contributed by atoms with Gasteiger partial charge in [-0.15, -0.1) is 0 Å². The first kappa shape index (κ1) is 24.9. The molecule has 2 fully saturated rings. The lowest BCUT2D eigenvalue weighted by molar-refractivity contribution is 0.149. The first-order valence-corrected chi connectivity index (χ1v) is 14.7. The van der Waals surface area contributed by atoms with E-state index in [-0.39, 0.29) is 40.0 Å². The second kappa shape index (κ2) is 8.85. The molecule has 200 valence electrons. The van der Waals surface area contributed by atoms with E-state index in [4.69, 9.17) is 9.47 Å². The van der Waals surface area contributed by atoms with Crippen LogP contribution in [0.15, 0.2) is 24.3 Å². The average molecular weight is 505 g/mol. The molecule has 2 aromatic carbocycles. The van der Waals surface area contributed by atoms with Crippen LogP contribution in [0.4, 0.5) is 0 Å². The number of ether oxygens (including phenoxy) is 2. The number of phenols is 2. The number of rotatable bonds is 4. The van der Waals surface area contributed by atoms with Gasteiger partial charge in [0, 0.05) is 5.41 Å². The van der Waals surface area contributed by atoms with Crippen LogP contribution >= 0.6 is 0 Å². The van der Waals surface area contributed by atoms with Gasteiger partial charge in [-0.05, 0) is 122 Å². The normalized spacial score (nSPS) is 24.1. The van der Waals surface area contributed by atoms with Gasteiger partial charge in [0.25, 0.3) is 0 Å². The summed E-state index contributed by atoms with van der Waals surface area (Å²) < 4.78 is 12.7. The molecule has 0 amide bonds. The molecule has 0 atom stereocenters. The molecule has 37 heavy (non-hydrogen) atoms. The van der Waals surface area contributed by atoms with Crippen LogP contribution in [0, 0.1) is 0 Å². The third-order valence-electron chi connectivity index (χ3n) is 9.87. The van der Waals surface area contributed by atoms with Crippen LogP contribution in [0.1, 0.15) is 127 Å². The van der Waals surface area contributed by atoms with Gasteiger partial charge in [-0.2, -0.15) is 0 Å². The quantitative estimate of drug-likeness (QED) is 0.441. The molecule has 0 radical (unpaired) electrons. The van der Waals surface area contributed by atoms with E-state index in [1.807, 2.05) is 12.1 Å². The van der Waals surface area contributed by atoms with Gasteiger partial charge in [-0.25, -0.2) is 0 Å². The Hall–Kier alpha value is -2.36. The van der Waals surface area contributed by atoms with Crippen LogP contribution in [0.2, 0.25) is 0 Å². The van der Waals surface area contributed by atoms with Crippen LogP contribution in [0.3, 0.4) is 0 Å². The maximum atomic E-state index is 11.2. The molecule has 6 rings (SSSR count). The maximum absolute atomic E-state index is 11.2. The van der Waals surface area contributed by atoms with E-state index in [9.17, 15) is 10.2 Å². The average Bonchev–Trinajstić information content (AvgIpc) is 3.20. The van der Waals surface area contributed by atoms with E-state index in [1.165, 1.54) is 60.8 Å². The lowest BCUT2D eigenvalue weighted by Gasteiger charge is -2.30. The van der Waals surface area contributed by atoms with Crippen molar-refractivity contribution in [2.75, 3.05) is 0 Å². The second-order valence-corrected chi connectivity index (χ2v) is 13.7. The van der Waals surface area contributed by atoms with Crippen LogP contribution in [-0.4, -0.2) is 22.4 Å². The molecule has 4 heteroatoms. The Balaban J connectivity index is 1.40. The number of benzene rings is 2. The van der Waals surface area contributed by atoms with E-state index in [0.29, 0.717) is 11.5 Å². The topological polar surface area (TPSA) is 58.9 Å². The number of hydrogen-bond acceptors (Lipinski definition) is 4. The molecule has 2 aromatic rings. The zero-order valence-electron chi connectivity index (χ0n) is 23.2. The molecule has 0 aromatic heterocycles. The summed E-state index contributed by atoms with van der Waals surface area (Å²) in [4.78, 5) is 0. The van der Waals surface area contributed by atoms with E-state index < -0.39 is 0 Å². The fraction of sp³-hybridized carbons (Fsp3) is 0.636. The Morgan fingerprint density at radius 3 is 1.32 bits per heavy atom. The Bertz CT molecular complexity index is 1090. The predicted octanol–water partition coefficient (Wildman–Crippen LogP) is 8.17. The summed E-state index contributed by atoms with van der Waals surface area (Å²) >= 11 is 0. The Kier molecular flexibility index (Phi) is 5.97. The summed E-state index contributed by atoms with van der Waals surface area (Å²) in [7, 11) is 0. The van der Waals surface area contributed by atoms with Gasteiger partial charge in [0.2, 0.25) is 0 Å². The zero-order valence-corrected chi connectivity index (χ0v) is 23.2. The third kappa shape index (κ3) is 4.19. The van der Waals surface area contributed by atoms with Gasteiger partial charge in [-0.3, -0.25) is 0 Å². The summed E-state index contributed by atoms with van der Waals surface area (Å²) in [5, 5.41) is 22.4. The highest BCUT2D eigenvalue weighted by atomic mass is 16.5. The third-order valence-corrected chi connectivity index (χ3v) is 9.87. The molecule has 1 spiro atoms. The second-order valence-electron chi connectivity index (χ2n) is 13.7. The molecule has 4 aliphatic carbocycles. The lowest BCUT2D eigenvalue weighted by atomic mass is 9.72. The highest BCUT2D eigenvalue weighted by Crippen LogP contribution is 2.64. The summed E-state index contributed by atoms with van der Waals surface area (Å²) in [6.45, 7) is 9.25. The molecular weight excluding hydrogens is 460 g/mol. The Morgan fingerprint density at radius 1 is 0.568 bits per heavy atom. The van der Waals surface area contributed by atoms with Crippen LogP contribution in [0.25, 0.3) is 0 Å². The van der Waals surface area contributed by atoms with E-state index in [1.54, 1.807) is 0 Å². The van der Waals surface area contributed by atoms with Gasteiger partial charge < -0.3 is 19.7 Å². The molecule has 0 saturated heterocycles. The molecule has 0 unspecified atom stereocenters. The molecule has 0 heterocycles. The number of phenolic OH excluding ortho intramolecular Hbond substituents is 2. The molecule has 2 saturated carbocycles. The van der Waals surface area contributed by atoms with Crippen LogP contribution < -0.4 is 9.47 Å². The van der Waals surface area contributed by atoms with Crippen molar-refractivity contribution in [1.29, 1.82) is 0 Å². The lowest BCUT2D eigenvalue weighted by Crippen LogP contribution is -2.26. The minimum absolute atomic E-state index is 0.0711. The van der Waals surface area contributed by atoms with Crippen molar-refractivity contribution in [3.63, 3.8) is 0 Å². The molecular formula is C33H44O4. The van der Waals surface area contributed by atoms with Crippen molar-refractivity contribution < 1.29 is 19.7 Å². The molecule has 2 N–H and O–H groups in total. The van der Waals surface area contributed by atoms with Crippen molar-refractivity contribution in [3.8, 4) is 23.0 Å². The van der Waals surface area contributed by atoms with E-state index in [2.05, 4.69) is 39.8 Å². The number of hydrogen-bond donors (Lipinski definition) is 2. The minimum Gasteiger partial charge on any atom is -0.504 e. The first-order valence-electron chi connectivity index (χ1n) is 14.7. The van der Waals surface area contributed by atoms with E-state index >= 15 is 0 Å². The van der Waals surface area contributed by atoms with Gasteiger partial charge in [0.05, 0.1) is 12.2 Å². The van der Waals surface area contributed by atoms with Gasteiger partial charge in [-0.1, -0.05) is 40.5 Å². The smallest absolute Gasteiger partial charge is 0.161 e. The largest absolute Gasteiger partial charge is 0.504 e. The monoisotopic (exact) mass is 504 g/mol. The standard InChI is InChI=1S/C33H44O4/c1-31(2)19-33(25-15-27(34)29(17-23(25)31)36-21-11-7-5-8-12-21)20-32(3,4)24-18-30(28(35)16-26(24)33)37-22-13-9-6-10-14-22/h15-18,21-22,34-35H,5-14,19-20H2,1-4H3. The van der Waals surface area contributed by atoms with Crippen molar-refractivity contribution in [2.45, 2.75) is 133 Å². The van der Waals surface area contributed by atoms with Crippen LogP contribution in [-0.2, 0) is 16.2 Å². The highest BCUT2D eigenvalue weighted by Gasteiger charge is 2.57. The summed E-state index contributed by atoms with van der Waals surface area (Å²) in [5.41, 5.74) is 4.52. The minimum atomic E-state index is -0.251. The molecule has 0 aliphatic heterocycles. The van der Waals surface area contributed by atoms with Crippen molar-refractivity contribution >= 4 is 0 Å². The first-order chi connectivity index (χ1) is 17.6. The van der Waals surface area contributed by atoms with Gasteiger partial charge >= 0.3 is 0 Å². The summed E-state index contributed by atoms with van der Waals surface area (Å²) in [6.07, 6.45) is 13.9. The fourth-order valence-electron chi connectivity index (χ4n) is 8.25. The summed E-state index contributed by atoms with van der Waals surface area (Å²) in [5.74, 6) is 1.75. The summed E-state index contributed by atoms with van der Waals surface area (Å²) in [6, 6.07) is 8.21. The Morgan fingerprint density at radius 2 is 0.946 bits per heavy atom. The fourth-order valence-corrected chi connectivity index (χ4v) is 8.25. The van der Waals surface area contributed by atoms with E-state index in [0.717, 1.165) is 38.5 Å². The Labute approximate surface area is 222 Å². The highest BCUT2D eigenvalue weighted by molar-refractivity contribution is 5.65. The number of aromatic hydroxyl groups is 2. The molecule has 0 bridgehead atoms. The molecule has 4 nitrogen and oxygen atoms in total. The number of fused-ring (bicyclic) bond motifs is 4. The zero-order chi connectivity index (χ0) is 26.0. The van der Waals surface area contributed by atoms with Crippen molar-refractivity contribution in [1.82, 2.24) is 0 Å². The molecule has 4 aliphatic rings.